The lowest BCUT2D eigenvalue weighted by Gasteiger charge is -2.28. The van der Waals surface area contributed by atoms with E-state index in [2.05, 4.69) is 15.4 Å². The van der Waals surface area contributed by atoms with E-state index in [1.165, 1.54) is 0 Å². The molecule has 1 atom stereocenters. The highest BCUT2D eigenvalue weighted by Gasteiger charge is 2.28. The minimum atomic E-state index is -4.11. The average Bonchev–Trinajstić information content (AvgIpc) is 2.71. The number of sulfonamides is 1. The number of hydrogen-bond acceptors (Lipinski definition) is 4. The van der Waals surface area contributed by atoms with Crippen molar-refractivity contribution in [1.29, 1.82) is 0 Å². The molecule has 6 nitrogen and oxygen atoms in total. The van der Waals surface area contributed by atoms with Crippen molar-refractivity contribution in [3.8, 4) is 0 Å². The van der Waals surface area contributed by atoms with E-state index in [-0.39, 0.29) is 35.1 Å². The number of piperidine rings is 1. The first-order valence-corrected chi connectivity index (χ1v) is 11.6. The molecule has 0 spiro atoms. The molecule has 0 unspecified atom stereocenters. The van der Waals surface area contributed by atoms with Gasteiger partial charge >= 0.3 is 0 Å². The highest BCUT2D eigenvalue weighted by Crippen LogP contribution is 2.29. The van der Waals surface area contributed by atoms with Crippen LogP contribution in [0.4, 0.5) is 10.1 Å². The average molecular weight is 490 g/mol. The number of benzene rings is 2. The van der Waals surface area contributed by atoms with Crippen molar-refractivity contribution in [2.24, 2.45) is 5.92 Å². The van der Waals surface area contributed by atoms with Gasteiger partial charge in [0.25, 0.3) is 5.91 Å². The second kappa shape index (κ2) is 10.7. The zero-order valence-corrected chi connectivity index (χ0v) is 19.6. The summed E-state index contributed by atoms with van der Waals surface area (Å²) in [4.78, 5) is 11.9. The summed E-state index contributed by atoms with van der Waals surface area (Å²) in [7, 11) is -4.11. The molecule has 3 N–H and O–H groups in total. The molecular weight excluding hydrogens is 464 g/mol. The van der Waals surface area contributed by atoms with Crippen molar-refractivity contribution in [3.05, 3.63) is 58.4 Å². The summed E-state index contributed by atoms with van der Waals surface area (Å²) in [6.07, 6.45) is 1.69. The lowest BCUT2D eigenvalue weighted by Crippen LogP contribution is -2.42. The molecule has 1 heterocycles. The molecule has 0 radical (unpaired) electrons. The normalized spacial score (nSPS) is 15.7. The van der Waals surface area contributed by atoms with E-state index in [1.807, 2.05) is 0 Å². The number of carbonyl (C=O) groups is 1. The first-order chi connectivity index (χ1) is 14.2. The molecule has 2 aromatic carbocycles. The van der Waals surface area contributed by atoms with Crippen LogP contribution in [0.1, 0.15) is 35.7 Å². The second-order valence-corrected chi connectivity index (χ2v) is 9.62. The van der Waals surface area contributed by atoms with Gasteiger partial charge in [0.15, 0.2) is 0 Å². The molecule has 31 heavy (non-hydrogen) atoms. The van der Waals surface area contributed by atoms with Gasteiger partial charge in [-0.05, 0) is 63.4 Å². The van der Waals surface area contributed by atoms with E-state index in [1.54, 1.807) is 38.1 Å². The third-order valence-electron chi connectivity index (χ3n) is 5.38. The molecule has 1 aliphatic heterocycles. The maximum absolute atomic E-state index is 14.7. The van der Waals surface area contributed by atoms with Gasteiger partial charge in [-0.3, -0.25) is 4.79 Å². The molecule has 0 aliphatic carbocycles. The van der Waals surface area contributed by atoms with Crippen molar-refractivity contribution < 1.29 is 17.6 Å². The van der Waals surface area contributed by atoms with Gasteiger partial charge < -0.3 is 10.6 Å². The monoisotopic (exact) mass is 489 g/mol. The fourth-order valence-electron chi connectivity index (χ4n) is 3.60. The molecule has 0 saturated carbocycles. The Labute approximate surface area is 193 Å². The largest absolute Gasteiger partial charge is 0.321 e. The summed E-state index contributed by atoms with van der Waals surface area (Å²) in [5.41, 5.74) is 1.18. The molecular formula is C21H26Cl2FN3O3S. The van der Waals surface area contributed by atoms with Crippen LogP contribution in [0, 0.1) is 18.7 Å². The number of anilines is 1. The van der Waals surface area contributed by atoms with Gasteiger partial charge in [-0.15, -0.1) is 12.4 Å². The Morgan fingerprint density at radius 1 is 1.23 bits per heavy atom. The lowest BCUT2D eigenvalue weighted by molar-refractivity contribution is 0.102. The maximum atomic E-state index is 14.7. The zero-order chi connectivity index (χ0) is 21.9. The molecule has 10 heteroatoms. The van der Waals surface area contributed by atoms with Crippen LogP contribution < -0.4 is 15.4 Å². The Balaban J connectivity index is 0.00000341. The number of halogens is 3. The standard InChI is InChI=1S/C21H25ClFN3O3S.ClH/c1-13-5-3-4-6-16(13)21(27)25-19-12-18(23)20(11-17(19)22)30(28,29)26-14(2)15-7-9-24-10-8-15;/h3-6,11-12,14-15,24,26H,7-10H2,1-2H3,(H,25,27);1H/t14-;/m0./s1. The van der Waals surface area contributed by atoms with E-state index in [9.17, 15) is 17.6 Å². The van der Waals surface area contributed by atoms with Gasteiger partial charge in [0.1, 0.15) is 10.7 Å². The Kier molecular flexibility index (Phi) is 8.85. The van der Waals surface area contributed by atoms with Crippen LogP contribution in [0.2, 0.25) is 5.02 Å². The van der Waals surface area contributed by atoms with Gasteiger partial charge in [-0.25, -0.2) is 17.5 Å². The van der Waals surface area contributed by atoms with Crippen LogP contribution in [0.5, 0.6) is 0 Å². The molecule has 1 saturated heterocycles. The number of aryl methyl sites for hydroxylation is 1. The quantitative estimate of drug-likeness (QED) is 0.569. The number of hydrogen-bond donors (Lipinski definition) is 3. The van der Waals surface area contributed by atoms with Gasteiger partial charge in [0.2, 0.25) is 10.0 Å². The van der Waals surface area contributed by atoms with Gasteiger partial charge in [-0.2, -0.15) is 0 Å². The minimum absolute atomic E-state index is 0. The van der Waals surface area contributed by atoms with Crippen molar-refractivity contribution in [1.82, 2.24) is 10.0 Å². The zero-order valence-electron chi connectivity index (χ0n) is 17.2. The molecule has 1 aliphatic rings. The summed E-state index contributed by atoms with van der Waals surface area (Å²) in [6, 6.07) is 8.56. The molecule has 2 aromatic rings. The van der Waals surface area contributed by atoms with Crippen LogP contribution >= 0.6 is 24.0 Å². The third-order valence-corrected chi connectivity index (χ3v) is 7.27. The van der Waals surface area contributed by atoms with E-state index >= 15 is 0 Å². The Hall–Kier alpha value is -1.71. The van der Waals surface area contributed by atoms with E-state index in [4.69, 9.17) is 11.6 Å². The van der Waals surface area contributed by atoms with Crippen molar-refractivity contribution in [2.45, 2.75) is 37.6 Å². The molecule has 1 fully saturated rings. The molecule has 0 bridgehead atoms. The van der Waals surface area contributed by atoms with Gasteiger partial charge in [0.05, 0.1) is 10.7 Å². The van der Waals surface area contributed by atoms with Crippen molar-refractivity contribution in [3.63, 3.8) is 0 Å². The molecule has 1 amide bonds. The Bertz CT molecular complexity index is 1040. The predicted octanol–water partition coefficient (Wildman–Crippen LogP) is 4.13. The number of carbonyl (C=O) groups excluding carboxylic acids is 1. The molecule has 0 aromatic heterocycles. The SMILES string of the molecule is Cc1ccccc1C(=O)Nc1cc(F)c(S(=O)(=O)N[C@@H](C)C2CCNCC2)cc1Cl.Cl. The number of rotatable bonds is 6. The maximum Gasteiger partial charge on any atom is 0.255 e. The fraction of sp³-hybridized carbons (Fsp3) is 0.381. The van der Waals surface area contributed by atoms with E-state index < -0.39 is 26.6 Å². The van der Waals surface area contributed by atoms with E-state index in [0.29, 0.717) is 5.56 Å². The third kappa shape index (κ3) is 6.17. The minimum Gasteiger partial charge on any atom is -0.321 e. The van der Waals surface area contributed by atoms with Crippen LogP contribution in [0.25, 0.3) is 0 Å². The summed E-state index contributed by atoms with van der Waals surface area (Å²) >= 11 is 6.18. The Morgan fingerprint density at radius 2 is 1.87 bits per heavy atom. The molecule has 3 rings (SSSR count). The number of nitrogens with one attached hydrogen (secondary N) is 3. The highest BCUT2D eigenvalue weighted by molar-refractivity contribution is 7.89. The second-order valence-electron chi connectivity index (χ2n) is 7.53. The summed E-state index contributed by atoms with van der Waals surface area (Å²) in [5, 5.41) is 5.71. The van der Waals surface area contributed by atoms with Crippen LogP contribution in [-0.2, 0) is 10.0 Å². The predicted molar refractivity (Wildman–Crippen MR) is 123 cm³/mol. The number of amides is 1. The Morgan fingerprint density at radius 3 is 2.52 bits per heavy atom. The first kappa shape index (κ1) is 25.5. The highest BCUT2D eigenvalue weighted by atomic mass is 35.5. The van der Waals surface area contributed by atoms with Crippen LogP contribution in [0.3, 0.4) is 0 Å². The summed E-state index contributed by atoms with van der Waals surface area (Å²) in [6.45, 7) is 5.21. The van der Waals surface area contributed by atoms with Crippen molar-refractivity contribution >= 4 is 45.6 Å². The summed E-state index contributed by atoms with van der Waals surface area (Å²) in [5.74, 6) is -1.26. The van der Waals surface area contributed by atoms with Crippen LogP contribution in [0.15, 0.2) is 41.3 Å². The topological polar surface area (TPSA) is 87.3 Å². The van der Waals surface area contributed by atoms with Gasteiger partial charge in [0, 0.05) is 17.7 Å². The molecule has 170 valence electrons. The summed E-state index contributed by atoms with van der Waals surface area (Å²) < 4.78 is 42.8. The van der Waals surface area contributed by atoms with E-state index in [0.717, 1.165) is 43.6 Å². The smallest absolute Gasteiger partial charge is 0.255 e. The van der Waals surface area contributed by atoms with Crippen molar-refractivity contribution in [2.75, 3.05) is 18.4 Å². The fourth-order valence-corrected chi connectivity index (χ4v) is 5.27. The first-order valence-electron chi connectivity index (χ1n) is 9.78. The van der Waals surface area contributed by atoms with Crippen LogP contribution in [-0.4, -0.2) is 33.5 Å². The lowest BCUT2D eigenvalue weighted by atomic mass is 9.92. The van der Waals surface area contributed by atoms with Gasteiger partial charge in [-0.1, -0.05) is 29.8 Å².